The Morgan fingerprint density at radius 3 is 2.58 bits per heavy atom. The Hall–Kier alpha value is -3.55. The number of hydrogen-bond acceptors (Lipinski definition) is 6. The van der Waals surface area contributed by atoms with Crippen molar-refractivity contribution in [1.29, 1.82) is 0 Å². The molecule has 1 amide bonds. The molecular formula is C23H22N2O6. The number of carbonyl (C=O) groups is 1. The maximum Gasteiger partial charge on any atom is 0.349 e. The summed E-state index contributed by atoms with van der Waals surface area (Å²) in [5.74, 6) is 0.539. The van der Waals surface area contributed by atoms with Crippen LogP contribution >= 0.6 is 0 Å². The third kappa shape index (κ3) is 3.48. The molecule has 1 aliphatic carbocycles. The Morgan fingerprint density at radius 2 is 1.90 bits per heavy atom. The number of aryl methyl sites for hydroxylation is 1. The van der Waals surface area contributed by atoms with Crippen molar-refractivity contribution in [2.75, 3.05) is 20.2 Å². The van der Waals surface area contributed by atoms with Gasteiger partial charge in [-0.2, -0.15) is 0 Å². The van der Waals surface area contributed by atoms with Gasteiger partial charge < -0.3 is 23.4 Å². The smallest absolute Gasteiger partial charge is 0.349 e. The van der Waals surface area contributed by atoms with Gasteiger partial charge in [0.15, 0.2) is 11.3 Å². The number of likely N-dealkylation sites (tertiary alicyclic amines) is 1. The Morgan fingerprint density at radius 1 is 1.13 bits per heavy atom. The van der Waals surface area contributed by atoms with Gasteiger partial charge in [0, 0.05) is 23.2 Å². The van der Waals surface area contributed by atoms with E-state index < -0.39 is 11.5 Å². The number of rotatable bonds is 5. The number of fused-ring (bicyclic) bond motifs is 1. The monoisotopic (exact) mass is 422 g/mol. The van der Waals surface area contributed by atoms with E-state index in [9.17, 15) is 14.4 Å². The van der Waals surface area contributed by atoms with Gasteiger partial charge in [0.25, 0.3) is 11.5 Å². The molecular weight excluding hydrogens is 400 g/mol. The highest BCUT2D eigenvalue weighted by atomic mass is 16.5. The number of amides is 1. The zero-order valence-corrected chi connectivity index (χ0v) is 17.3. The van der Waals surface area contributed by atoms with Gasteiger partial charge in [-0.25, -0.2) is 4.79 Å². The normalized spacial score (nSPS) is 16.3. The highest BCUT2D eigenvalue weighted by Gasteiger charge is 2.35. The van der Waals surface area contributed by atoms with Crippen molar-refractivity contribution in [3.63, 3.8) is 0 Å². The average molecular weight is 422 g/mol. The Kier molecular flexibility index (Phi) is 4.57. The molecule has 1 saturated carbocycles. The first kappa shape index (κ1) is 19.4. The first-order valence-corrected chi connectivity index (χ1v) is 10.2. The van der Waals surface area contributed by atoms with Crippen molar-refractivity contribution >= 4 is 16.9 Å². The van der Waals surface area contributed by atoms with Crippen molar-refractivity contribution in [3.8, 4) is 11.5 Å². The van der Waals surface area contributed by atoms with E-state index in [4.69, 9.17) is 13.9 Å². The molecule has 0 spiro atoms. The van der Waals surface area contributed by atoms with Crippen LogP contribution in [-0.4, -0.2) is 41.7 Å². The first-order valence-electron chi connectivity index (χ1n) is 10.2. The van der Waals surface area contributed by atoms with Crippen molar-refractivity contribution in [1.82, 2.24) is 9.47 Å². The van der Waals surface area contributed by atoms with Crippen LogP contribution in [0.1, 0.15) is 34.9 Å². The summed E-state index contributed by atoms with van der Waals surface area (Å²) in [5.41, 5.74) is 0.399. The van der Waals surface area contributed by atoms with Crippen LogP contribution in [0.15, 0.2) is 50.4 Å². The average Bonchev–Trinajstić information content (AvgIpc) is 3.53. The molecule has 1 aliphatic heterocycles. The fourth-order valence-electron chi connectivity index (χ4n) is 4.02. The van der Waals surface area contributed by atoms with Crippen LogP contribution in [0.25, 0.3) is 11.0 Å². The van der Waals surface area contributed by atoms with Crippen LogP contribution in [0, 0.1) is 6.92 Å². The van der Waals surface area contributed by atoms with Crippen LogP contribution < -0.4 is 20.7 Å². The van der Waals surface area contributed by atoms with E-state index in [2.05, 4.69) is 0 Å². The van der Waals surface area contributed by atoms with Crippen molar-refractivity contribution in [2.24, 2.45) is 0 Å². The predicted octanol–water partition coefficient (Wildman–Crippen LogP) is 2.51. The van der Waals surface area contributed by atoms with E-state index in [1.54, 1.807) is 22.8 Å². The lowest BCUT2D eigenvalue weighted by Crippen LogP contribution is -2.56. The number of pyridine rings is 1. The molecule has 8 nitrogen and oxygen atoms in total. The number of methoxy groups -OCH3 is 1. The van der Waals surface area contributed by atoms with Crippen LogP contribution in [0.4, 0.5) is 0 Å². The maximum absolute atomic E-state index is 12.8. The Labute approximate surface area is 177 Å². The van der Waals surface area contributed by atoms with E-state index in [0.29, 0.717) is 41.6 Å². The summed E-state index contributed by atoms with van der Waals surface area (Å²) in [4.78, 5) is 39.1. The van der Waals surface area contributed by atoms with Gasteiger partial charge in [-0.1, -0.05) is 12.1 Å². The molecule has 0 N–H and O–H groups in total. The summed E-state index contributed by atoms with van der Waals surface area (Å²) in [6.45, 7) is 2.57. The summed E-state index contributed by atoms with van der Waals surface area (Å²) in [7, 11) is 1.49. The molecule has 0 atom stereocenters. The van der Waals surface area contributed by atoms with Gasteiger partial charge in [0.05, 0.1) is 20.2 Å². The molecule has 160 valence electrons. The number of ether oxygens (including phenoxy) is 2. The molecule has 3 aromatic rings. The molecule has 5 rings (SSSR count). The highest BCUT2D eigenvalue weighted by Crippen LogP contribution is 2.35. The molecule has 0 radical (unpaired) electrons. The summed E-state index contributed by atoms with van der Waals surface area (Å²) < 4.78 is 18.2. The second-order valence-corrected chi connectivity index (χ2v) is 8.05. The number of aromatic nitrogens is 1. The lowest BCUT2D eigenvalue weighted by molar-refractivity contribution is 0.0173. The third-order valence-corrected chi connectivity index (χ3v) is 5.76. The van der Waals surface area contributed by atoms with Crippen LogP contribution in [0.5, 0.6) is 11.5 Å². The van der Waals surface area contributed by atoms with Crippen LogP contribution in [0.3, 0.4) is 0 Å². The minimum atomic E-state index is -0.703. The second kappa shape index (κ2) is 7.30. The maximum atomic E-state index is 12.8. The molecule has 0 unspecified atom stereocenters. The van der Waals surface area contributed by atoms with Crippen molar-refractivity contribution in [2.45, 2.75) is 31.9 Å². The van der Waals surface area contributed by atoms with Crippen molar-refractivity contribution < 1.29 is 18.7 Å². The molecule has 3 heterocycles. The van der Waals surface area contributed by atoms with Gasteiger partial charge in [0.1, 0.15) is 17.4 Å². The number of para-hydroxylation sites is 1. The molecule has 1 saturated heterocycles. The molecule has 2 aromatic heterocycles. The second-order valence-electron chi connectivity index (χ2n) is 8.05. The van der Waals surface area contributed by atoms with Gasteiger partial charge >= 0.3 is 5.63 Å². The van der Waals surface area contributed by atoms with Crippen LogP contribution in [-0.2, 0) is 0 Å². The van der Waals surface area contributed by atoms with Gasteiger partial charge in [-0.3, -0.25) is 9.59 Å². The highest BCUT2D eigenvalue weighted by molar-refractivity contribution is 5.97. The minimum absolute atomic E-state index is 0.0259. The lowest BCUT2D eigenvalue weighted by atomic mass is 10.1. The molecule has 31 heavy (non-hydrogen) atoms. The molecule has 2 fully saturated rings. The molecule has 1 aromatic carbocycles. The molecule has 8 heteroatoms. The van der Waals surface area contributed by atoms with E-state index in [0.717, 1.165) is 18.5 Å². The quantitative estimate of drug-likeness (QED) is 0.587. The van der Waals surface area contributed by atoms with Gasteiger partial charge in [-0.05, 0) is 38.0 Å². The van der Waals surface area contributed by atoms with E-state index in [1.807, 2.05) is 13.0 Å². The zero-order chi connectivity index (χ0) is 21.7. The summed E-state index contributed by atoms with van der Waals surface area (Å²) in [6, 6.07) is 10.4. The Balaban J connectivity index is 1.29. The third-order valence-electron chi connectivity index (χ3n) is 5.76. The standard InChI is InChI=1S/C23H22N2O6/c1-13-8-16(10-20(26)25(13)15-6-7-15)30-17-11-24(12-17)22(27)18-9-14-4-3-5-19(29-2)21(14)31-23(18)28/h3-5,8-10,15,17H,6-7,11-12H2,1-2H3. The first-order chi connectivity index (χ1) is 14.9. The van der Waals surface area contributed by atoms with E-state index >= 15 is 0 Å². The largest absolute Gasteiger partial charge is 0.493 e. The zero-order valence-electron chi connectivity index (χ0n) is 17.3. The van der Waals surface area contributed by atoms with Gasteiger partial charge in [0.2, 0.25) is 0 Å². The van der Waals surface area contributed by atoms with Crippen LogP contribution in [0.2, 0.25) is 0 Å². The number of carbonyl (C=O) groups excluding carboxylic acids is 1. The van der Waals surface area contributed by atoms with Crippen molar-refractivity contribution in [3.05, 3.63) is 68.4 Å². The fourth-order valence-corrected chi connectivity index (χ4v) is 4.02. The summed E-state index contributed by atoms with van der Waals surface area (Å²) in [6.07, 6.45) is 1.85. The molecule has 0 bridgehead atoms. The SMILES string of the molecule is COc1cccc2cc(C(=O)N3CC(Oc4cc(C)n(C5CC5)c(=O)c4)C3)c(=O)oc12. The number of hydrogen-bond donors (Lipinski definition) is 0. The lowest BCUT2D eigenvalue weighted by Gasteiger charge is -2.38. The molecule has 2 aliphatic rings. The summed E-state index contributed by atoms with van der Waals surface area (Å²) in [5, 5.41) is 0.613. The minimum Gasteiger partial charge on any atom is -0.493 e. The predicted molar refractivity (Wildman–Crippen MR) is 113 cm³/mol. The summed E-state index contributed by atoms with van der Waals surface area (Å²) >= 11 is 0. The van der Waals surface area contributed by atoms with E-state index in [-0.39, 0.29) is 17.2 Å². The number of benzene rings is 1. The number of nitrogens with zero attached hydrogens (tertiary/aromatic N) is 2. The fraction of sp³-hybridized carbons (Fsp3) is 0.348. The Bertz CT molecular complexity index is 1300. The topological polar surface area (TPSA) is 91.0 Å². The van der Waals surface area contributed by atoms with E-state index in [1.165, 1.54) is 24.1 Å². The van der Waals surface area contributed by atoms with Gasteiger partial charge in [-0.15, -0.1) is 0 Å².